The Bertz CT molecular complexity index is 1040. The van der Waals surface area contributed by atoms with Crippen LogP contribution >= 0.6 is 22.7 Å². The summed E-state index contributed by atoms with van der Waals surface area (Å²) in [5, 5.41) is 7.06. The number of nitrogens with one attached hydrogen (secondary N) is 1. The first-order valence-electron chi connectivity index (χ1n) is 8.74. The van der Waals surface area contributed by atoms with E-state index in [1.54, 1.807) is 29.9 Å². The third-order valence-corrected chi connectivity index (χ3v) is 8.65. The number of rotatable bonds is 5. The third-order valence-electron chi connectivity index (χ3n) is 4.62. The van der Waals surface area contributed by atoms with Crippen LogP contribution in [0, 0.1) is 5.92 Å². The number of thiophene rings is 1. The van der Waals surface area contributed by atoms with E-state index >= 15 is 0 Å². The molecule has 4 heterocycles. The lowest BCUT2D eigenvalue weighted by Gasteiger charge is -2.29. The van der Waals surface area contributed by atoms with Crippen molar-refractivity contribution in [1.82, 2.24) is 14.3 Å². The fourth-order valence-corrected chi connectivity index (χ4v) is 6.43. The van der Waals surface area contributed by atoms with E-state index in [4.69, 9.17) is 0 Å². The van der Waals surface area contributed by atoms with Crippen LogP contribution in [0.15, 0.2) is 51.6 Å². The second-order valence-electron chi connectivity index (χ2n) is 6.37. The molecule has 0 aromatic carbocycles. The van der Waals surface area contributed by atoms with E-state index in [-0.39, 0.29) is 11.8 Å². The molecule has 0 bridgehead atoms. The number of carbonyl (C=O) groups is 1. The quantitative estimate of drug-likeness (QED) is 0.665. The Kier molecular flexibility index (Phi) is 5.54. The van der Waals surface area contributed by atoms with Crippen molar-refractivity contribution in [2.24, 2.45) is 5.92 Å². The van der Waals surface area contributed by atoms with E-state index in [0.717, 1.165) is 11.3 Å². The molecule has 3 aromatic heterocycles. The summed E-state index contributed by atoms with van der Waals surface area (Å²) in [4.78, 5) is 21.0. The van der Waals surface area contributed by atoms with Crippen LogP contribution in [-0.4, -0.2) is 41.7 Å². The summed E-state index contributed by atoms with van der Waals surface area (Å²) in [6.45, 7) is 0.691. The fourth-order valence-electron chi connectivity index (χ4n) is 3.09. The summed E-state index contributed by atoms with van der Waals surface area (Å²) in [6, 6.07) is 7.07. The normalized spacial score (nSPS) is 16.1. The van der Waals surface area contributed by atoms with Gasteiger partial charge in [-0.25, -0.2) is 13.4 Å². The summed E-state index contributed by atoms with van der Waals surface area (Å²) in [6.07, 6.45) is 4.40. The minimum Gasteiger partial charge on any atom is -0.302 e. The van der Waals surface area contributed by atoms with E-state index < -0.39 is 10.0 Å². The standard InChI is InChI=1S/C18H18N4O3S3/c23-17(21-18-20-15(12-27-18)13-3-7-19-8-4-13)14-5-9-22(10-6-14)28(24,25)16-2-1-11-26-16/h1-4,7-8,11-12,14H,5-6,9-10H2,(H,20,21,23). The Morgan fingerprint density at radius 2 is 1.89 bits per heavy atom. The molecule has 0 aliphatic carbocycles. The molecule has 3 aromatic rings. The molecular formula is C18H18N4O3S3. The number of sulfonamides is 1. The summed E-state index contributed by atoms with van der Waals surface area (Å²) in [7, 11) is -3.45. The van der Waals surface area contributed by atoms with Crippen molar-refractivity contribution in [3.63, 3.8) is 0 Å². The molecule has 0 atom stereocenters. The van der Waals surface area contributed by atoms with Crippen LogP contribution in [0.3, 0.4) is 0 Å². The minimum absolute atomic E-state index is 0.108. The summed E-state index contributed by atoms with van der Waals surface area (Å²) in [5.41, 5.74) is 1.73. The average Bonchev–Trinajstić information content (AvgIpc) is 3.41. The van der Waals surface area contributed by atoms with Crippen molar-refractivity contribution in [3.8, 4) is 11.3 Å². The highest BCUT2D eigenvalue weighted by Gasteiger charge is 2.32. The van der Waals surface area contributed by atoms with Gasteiger partial charge in [0, 0.05) is 42.3 Å². The first kappa shape index (κ1) is 19.2. The number of carbonyl (C=O) groups excluding carboxylic acids is 1. The first-order valence-corrected chi connectivity index (χ1v) is 11.9. The molecule has 0 radical (unpaired) electrons. The number of piperidine rings is 1. The molecule has 1 fully saturated rings. The number of anilines is 1. The number of hydrogen-bond acceptors (Lipinski definition) is 7. The van der Waals surface area contributed by atoms with Crippen LogP contribution in [-0.2, 0) is 14.8 Å². The molecule has 1 amide bonds. The first-order chi connectivity index (χ1) is 13.5. The van der Waals surface area contributed by atoms with Gasteiger partial charge < -0.3 is 5.32 Å². The van der Waals surface area contributed by atoms with Crippen molar-refractivity contribution in [1.29, 1.82) is 0 Å². The van der Waals surface area contributed by atoms with Crippen LogP contribution in [0.1, 0.15) is 12.8 Å². The van der Waals surface area contributed by atoms with Gasteiger partial charge in [-0.15, -0.1) is 22.7 Å². The van der Waals surface area contributed by atoms with Crippen LogP contribution in [0.5, 0.6) is 0 Å². The Morgan fingerprint density at radius 1 is 1.14 bits per heavy atom. The number of amides is 1. The minimum atomic E-state index is -3.45. The molecule has 0 spiro atoms. The maximum absolute atomic E-state index is 12.6. The van der Waals surface area contributed by atoms with Crippen LogP contribution in [0.4, 0.5) is 5.13 Å². The number of aromatic nitrogens is 2. The van der Waals surface area contributed by atoms with Gasteiger partial charge in [-0.3, -0.25) is 9.78 Å². The molecule has 4 rings (SSSR count). The lowest BCUT2D eigenvalue weighted by molar-refractivity contribution is -0.120. The maximum atomic E-state index is 12.6. The molecule has 0 unspecified atom stereocenters. The number of hydrogen-bond donors (Lipinski definition) is 1. The van der Waals surface area contributed by atoms with Gasteiger partial charge >= 0.3 is 0 Å². The molecule has 7 nitrogen and oxygen atoms in total. The van der Waals surface area contributed by atoms with Gasteiger partial charge in [-0.05, 0) is 36.4 Å². The van der Waals surface area contributed by atoms with E-state index in [1.165, 1.54) is 27.0 Å². The van der Waals surface area contributed by atoms with Crippen LogP contribution in [0.25, 0.3) is 11.3 Å². The third kappa shape index (κ3) is 4.00. The molecular weight excluding hydrogens is 416 g/mol. The molecule has 0 saturated carbocycles. The zero-order chi connectivity index (χ0) is 19.6. The Hall–Kier alpha value is -2.14. The van der Waals surface area contributed by atoms with Crippen molar-refractivity contribution in [2.75, 3.05) is 18.4 Å². The van der Waals surface area contributed by atoms with Gasteiger partial charge in [0.05, 0.1) is 5.69 Å². The highest BCUT2D eigenvalue weighted by Crippen LogP contribution is 2.28. The molecule has 146 valence electrons. The highest BCUT2D eigenvalue weighted by molar-refractivity contribution is 7.91. The lowest BCUT2D eigenvalue weighted by Crippen LogP contribution is -2.41. The van der Waals surface area contributed by atoms with E-state index in [0.29, 0.717) is 35.3 Å². The second-order valence-corrected chi connectivity index (χ2v) is 10.3. The number of nitrogens with zero attached hydrogens (tertiary/aromatic N) is 3. The van der Waals surface area contributed by atoms with Crippen molar-refractivity contribution < 1.29 is 13.2 Å². The Labute approximate surface area is 171 Å². The smallest absolute Gasteiger partial charge is 0.252 e. The summed E-state index contributed by atoms with van der Waals surface area (Å²) < 4.78 is 27.0. The maximum Gasteiger partial charge on any atom is 0.252 e. The number of pyridine rings is 1. The van der Waals surface area contributed by atoms with Gasteiger partial charge in [-0.2, -0.15) is 4.31 Å². The van der Waals surface area contributed by atoms with E-state index in [9.17, 15) is 13.2 Å². The Balaban J connectivity index is 1.35. The van der Waals surface area contributed by atoms with Crippen LogP contribution in [0.2, 0.25) is 0 Å². The largest absolute Gasteiger partial charge is 0.302 e. The fraction of sp³-hybridized carbons (Fsp3) is 0.278. The van der Waals surface area contributed by atoms with Gasteiger partial charge in [0.25, 0.3) is 10.0 Å². The number of thiazole rings is 1. The van der Waals surface area contributed by atoms with E-state index in [2.05, 4.69) is 15.3 Å². The Morgan fingerprint density at radius 3 is 2.57 bits per heavy atom. The van der Waals surface area contributed by atoms with Gasteiger partial charge in [0.2, 0.25) is 5.91 Å². The topological polar surface area (TPSA) is 92.3 Å². The summed E-state index contributed by atoms with van der Waals surface area (Å²) >= 11 is 2.58. The molecule has 1 N–H and O–H groups in total. The zero-order valence-electron chi connectivity index (χ0n) is 14.8. The highest BCUT2D eigenvalue weighted by atomic mass is 32.2. The predicted octanol–water partition coefficient (Wildman–Crippen LogP) is 3.31. The molecule has 1 aliphatic heterocycles. The molecule has 10 heteroatoms. The lowest BCUT2D eigenvalue weighted by atomic mass is 9.97. The van der Waals surface area contributed by atoms with Crippen LogP contribution < -0.4 is 5.32 Å². The molecule has 1 saturated heterocycles. The van der Waals surface area contributed by atoms with Crippen molar-refractivity contribution in [2.45, 2.75) is 17.1 Å². The van der Waals surface area contributed by atoms with E-state index in [1.807, 2.05) is 17.5 Å². The second kappa shape index (κ2) is 8.08. The average molecular weight is 435 g/mol. The SMILES string of the molecule is O=C(Nc1nc(-c2ccncc2)cs1)C1CCN(S(=O)(=O)c2cccs2)CC1. The van der Waals surface area contributed by atoms with Crippen molar-refractivity contribution in [3.05, 3.63) is 47.4 Å². The van der Waals surface area contributed by atoms with Gasteiger partial charge in [-0.1, -0.05) is 6.07 Å². The van der Waals surface area contributed by atoms with Crippen molar-refractivity contribution >= 4 is 43.7 Å². The predicted molar refractivity (Wildman–Crippen MR) is 110 cm³/mol. The monoisotopic (exact) mass is 434 g/mol. The molecule has 1 aliphatic rings. The zero-order valence-corrected chi connectivity index (χ0v) is 17.3. The summed E-state index contributed by atoms with van der Waals surface area (Å²) in [5.74, 6) is -0.327. The van der Waals surface area contributed by atoms with Gasteiger partial charge in [0.15, 0.2) is 5.13 Å². The molecule has 28 heavy (non-hydrogen) atoms. The van der Waals surface area contributed by atoms with Gasteiger partial charge in [0.1, 0.15) is 4.21 Å².